The van der Waals surface area contributed by atoms with Crippen LogP contribution in [-0.4, -0.2) is 63.6 Å². The number of hydrogen-bond acceptors (Lipinski definition) is 3. The van der Waals surface area contributed by atoms with Crippen molar-refractivity contribution in [3.8, 4) is 0 Å². The number of carboxylic acids is 1. The maximum absolute atomic E-state index is 12.6. The lowest BCUT2D eigenvalue weighted by Gasteiger charge is -2.41. The van der Waals surface area contributed by atoms with Crippen LogP contribution in [0.3, 0.4) is 0 Å². The quantitative estimate of drug-likeness (QED) is 0.848. The first kappa shape index (κ1) is 15.5. The van der Waals surface area contributed by atoms with E-state index in [1.807, 2.05) is 16.7 Å². The van der Waals surface area contributed by atoms with E-state index >= 15 is 0 Å². The summed E-state index contributed by atoms with van der Waals surface area (Å²) in [4.78, 5) is 27.4. The minimum atomic E-state index is -0.872. The Hall–Kier alpha value is -0.910. The number of likely N-dealkylation sites (tertiary alicyclic amines) is 1. The lowest BCUT2D eigenvalue weighted by atomic mass is 9.92. The average Bonchev–Trinajstić information content (AvgIpc) is 2.46. The summed E-state index contributed by atoms with van der Waals surface area (Å²) in [7, 11) is 0. The molecular formula is C14H24N2O3S. The summed E-state index contributed by atoms with van der Waals surface area (Å²) in [6, 6.07) is -0.732. The van der Waals surface area contributed by atoms with Gasteiger partial charge in [-0.05, 0) is 25.2 Å². The molecule has 0 spiro atoms. The molecule has 1 N–H and O–H groups in total. The zero-order valence-corrected chi connectivity index (χ0v) is 13.1. The molecule has 2 saturated heterocycles. The van der Waals surface area contributed by atoms with Crippen molar-refractivity contribution >= 4 is 23.8 Å². The second-order valence-corrected chi connectivity index (χ2v) is 7.21. The van der Waals surface area contributed by atoms with Crippen LogP contribution < -0.4 is 0 Å². The monoisotopic (exact) mass is 300 g/mol. The first-order valence-electron chi connectivity index (χ1n) is 7.42. The van der Waals surface area contributed by atoms with Crippen molar-refractivity contribution in [2.45, 2.75) is 44.4 Å². The smallest absolute Gasteiger partial charge is 0.326 e. The van der Waals surface area contributed by atoms with Crippen molar-refractivity contribution in [2.75, 3.05) is 25.4 Å². The molecule has 20 heavy (non-hydrogen) atoms. The van der Waals surface area contributed by atoms with Gasteiger partial charge in [-0.3, -0.25) is 0 Å². The van der Waals surface area contributed by atoms with Gasteiger partial charge in [0.25, 0.3) is 0 Å². The Bertz CT molecular complexity index is 377. The van der Waals surface area contributed by atoms with Crippen LogP contribution in [0.4, 0.5) is 4.79 Å². The minimum Gasteiger partial charge on any atom is -0.480 e. The zero-order chi connectivity index (χ0) is 14.7. The summed E-state index contributed by atoms with van der Waals surface area (Å²) in [5.74, 6) is 0.454. The van der Waals surface area contributed by atoms with Gasteiger partial charge < -0.3 is 14.9 Å². The normalized spacial score (nSPS) is 31.2. The number of carbonyl (C=O) groups is 2. The Labute approximate surface area is 124 Å². The molecule has 0 radical (unpaired) electrons. The van der Waals surface area contributed by atoms with Crippen LogP contribution in [-0.2, 0) is 4.79 Å². The third-order valence-electron chi connectivity index (χ3n) is 4.26. The van der Waals surface area contributed by atoms with Gasteiger partial charge in [0.2, 0.25) is 0 Å². The Morgan fingerprint density at radius 3 is 2.75 bits per heavy atom. The molecule has 0 aromatic carbocycles. The molecule has 2 aliphatic rings. The number of aliphatic carboxylic acids is 1. The molecule has 6 heteroatoms. The van der Waals surface area contributed by atoms with Crippen LogP contribution in [0.2, 0.25) is 0 Å². The van der Waals surface area contributed by atoms with E-state index in [4.69, 9.17) is 0 Å². The van der Waals surface area contributed by atoms with Crippen molar-refractivity contribution in [1.82, 2.24) is 9.80 Å². The van der Waals surface area contributed by atoms with Crippen LogP contribution in [0.1, 0.15) is 33.1 Å². The van der Waals surface area contributed by atoms with E-state index in [-0.39, 0.29) is 6.03 Å². The van der Waals surface area contributed by atoms with Crippen LogP contribution >= 0.6 is 11.8 Å². The topological polar surface area (TPSA) is 60.9 Å². The number of nitrogens with zero attached hydrogens (tertiary/aromatic N) is 2. The summed E-state index contributed by atoms with van der Waals surface area (Å²) in [5, 5.41) is 9.84. The number of amides is 2. The van der Waals surface area contributed by atoms with E-state index < -0.39 is 12.0 Å². The van der Waals surface area contributed by atoms with Gasteiger partial charge in [0, 0.05) is 30.6 Å². The molecule has 2 rings (SSSR count). The molecule has 3 unspecified atom stereocenters. The third kappa shape index (κ3) is 3.40. The first-order valence-corrected chi connectivity index (χ1v) is 8.47. The van der Waals surface area contributed by atoms with Crippen molar-refractivity contribution in [3.63, 3.8) is 0 Å². The zero-order valence-electron chi connectivity index (χ0n) is 12.2. The number of carboxylic acid groups (broad SMARTS) is 1. The number of rotatable bonds is 2. The van der Waals surface area contributed by atoms with E-state index in [1.54, 1.807) is 4.90 Å². The minimum absolute atomic E-state index is 0.0805. The Balaban J connectivity index is 2.04. The predicted octanol–water partition coefficient (Wildman–Crippen LogP) is 2.12. The van der Waals surface area contributed by atoms with E-state index in [0.717, 1.165) is 31.7 Å². The molecule has 0 aromatic heterocycles. The highest BCUT2D eigenvalue weighted by Gasteiger charge is 2.37. The van der Waals surface area contributed by atoms with Crippen molar-refractivity contribution < 1.29 is 14.7 Å². The van der Waals surface area contributed by atoms with Crippen molar-refractivity contribution in [1.29, 1.82) is 0 Å². The fraction of sp³-hybridized carbons (Fsp3) is 0.857. The maximum atomic E-state index is 12.6. The molecule has 0 bridgehead atoms. The summed E-state index contributed by atoms with van der Waals surface area (Å²) >= 11 is 1.91. The number of urea groups is 1. The fourth-order valence-electron chi connectivity index (χ4n) is 2.93. The lowest BCUT2D eigenvalue weighted by Crippen LogP contribution is -2.56. The molecule has 0 aromatic rings. The highest BCUT2D eigenvalue weighted by molar-refractivity contribution is 8.00. The highest BCUT2D eigenvalue weighted by atomic mass is 32.2. The van der Waals surface area contributed by atoms with E-state index in [0.29, 0.717) is 24.1 Å². The predicted molar refractivity (Wildman–Crippen MR) is 80.0 cm³/mol. The SMILES string of the molecule is CCC1CN(C(=O)N2CCC(C)CC2C(=O)O)CCS1. The Morgan fingerprint density at radius 1 is 1.35 bits per heavy atom. The molecule has 2 aliphatic heterocycles. The lowest BCUT2D eigenvalue weighted by molar-refractivity contribution is -0.144. The van der Waals surface area contributed by atoms with Crippen molar-refractivity contribution in [2.24, 2.45) is 5.92 Å². The average molecular weight is 300 g/mol. The molecule has 2 amide bonds. The van der Waals surface area contributed by atoms with Gasteiger partial charge in [0.1, 0.15) is 6.04 Å². The Kier molecular flexibility index (Phi) is 5.18. The van der Waals surface area contributed by atoms with E-state index in [1.165, 1.54) is 0 Å². The van der Waals surface area contributed by atoms with Gasteiger partial charge in [-0.1, -0.05) is 13.8 Å². The summed E-state index contributed by atoms with van der Waals surface area (Å²) < 4.78 is 0. The van der Waals surface area contributed by atoms with Gasteiger partial charge in [0.05, 0.1) is 0 Å². The number of piperidine rings is 1. The summed E-state index contributed by atoms with van der Waals surface area (Å²) in [5.41, 5.74) is 0. The second-order valence-electron chi connectivity index (χ2n) is 5.81. The highest BCUT2D eigenvalue weighted by Crippen LogP contribution is 2.26. The summed E-state index contributed by atoms with van der Waals surface area (Å²) in [6.07, 6.45) is 2.52. The standard InChI is InChI=1S/C14H24N2O3S/c1-3-11-9-15(6-7-20-11)14(19)16-5-4-10(2)8-12(16)13(17)18/h10-12H,3-9H2,1-2H3,(H,17,18). The number of carbonyl (C=O) groups excluding carboxylic acids is 1. The molecule has 114 valence electrons. The molecular weight excluding hydrogens is 276 g/mol. The fourth-order valence-corrected chi connectivity index (χ4v) is 4.11. The third-order valence-corrected chi connectivity index (χ3v) is 5.63. The van der Waals surface area contributed by atoms with Crippen LogP contribution in [0.5, 0.6) is 0 Å². The molecule has 0 saturated carbocycles. The van der Waals surface area contributed by atoms with E-state index in [9.17, 15) is 14.7 Å². The maximum Gasteiger partial charge on any atom is 0.326 e. The molecule has 0 aliphatic carbocycles. The van der Waals surface area contributed by atoms with Gasteiger partial charge in [-0.2, -0.15) is 11.8 Å². The molecule has 2 heterocycles. The van der Waals surface area contributed by atoms with Crippen LogP contribution in [0, 0.1) is 5.92 Å². The largest absolute Gasteiger partial charge is 0.480 e. The molecule has 3 atom stereocenters. The van der Waals surface area contributed by atoms with Gasteiger partial charge in [-0.15, -0.1) is 0 Å². The van der Waals surface area contributed by atoms with Crippen molar-refractivity contribution in [3.05, 3.63) is 0 Å². The van der Waals surface area contributed by atoms with Crippen LogP contribution in [0.25, 0.3) is 0 Å². The molecule has 5 nitrogen and oxygen atoms in total. The number of hydrogen-bond donors (Lipinski definition) is 1. The van der Waals surface area contributed by atoms with Gasteiger partial charge >= 0.3 is 12.0 Å². The Morgan fingerprint density at radius 2 is 2.10 bits per heavy atom. The first-order chi connectivity index (χ1) is 9.52. The summed E-state index contributed by atoms with van der Waals surface area (Å²) in [6.45, 7) is 6.24. The van der Waals surface area contributed by atoms with Gasteiger partial charge in [-0.25, -0.2) is 9.59 Å². The molecule has 2 fully saturated rings. The van der Waals surface area contributed by atoms with E-state index in [2.05, 4.69) is 13.8 Å². The number of thioether (sulfide) groups is 1. The van der Waals surface area contributed by atoms with Crippen LogP contribution in [0.15, 0.2) is 0 Å². The van der Waals surface area contributed by atoms with Gasteiger partial charge in [0.15, 0.2) is 0 Å². The second kappa shape index (κ2) is 6.70.